The van der Waals surface area contributed by atoms with Crippen molar-refractivity contribution in [2.45, 2.75) is 25.9 Å². The summed E-state index contributed by atoms with van der Waals surface area (Å²) in [5, 5.41) is 12.4. The number of hydrogen-bond donors (Lipinski definition) is 2. The average molecular weight is 345 g/mol. The van der Waals surface area contributed by atoms with Crippen LogP contribution in [0.1, 0.15) is 29.0 Å². The van der Waals surface area contributed by atoms with Crippen LogP contribution in [0.15, 0.2) is 15.2 Å². The van der Waals surface area contributed by atoms with Gasteiger partial charge in [0.1, 0.15) is 0 Å². The molecular weight excluding hydrogens is 328 g/mol. The first-order valence-corrected chi connectivity index (χ1v) is 7.26. The first-order valence-electron chi connectivity index (χ1n) is 6.47. The number of aliphatic hydroxyl groups excluding tert-OH is 1. The number of nitrogens with one attached hydrogen (secondary N) is 1. The molecule has 1 unspecified atom stereocenters. The second-order valence-corrected chi connectivity index (χ2v) is 5.59. The van der Waals surface area contributed by atoms with E-state index in [1.807, 2.05) is 6.92 Å². The van der Waals surface area contributed by atoms with Gasteiger partial charge in [0, 0.05) is 31.6 Å². The number of carbonyl (C=O) groups is 2. The summed E-state index contributed by atoms with van der Waals surface area (Å²) in [7, 11) is 0. The maximum atomic E-state index is 11.8. The average Bonchev–Trinajstić information content (AvgIpc) is 2.94. The number of hydrogen-bond acceptors (Lipinski definition) is 4. The van der Waals surface area contributed by atoms with Crippen molar-refractivity contribution in [3.8, 4) is 0 Å². The summed E-state index contributed by atoms with van der Waals surface area (Å²) in [6, 6.07) is 1.62. The molecule has 1 aromatic heterocycles. The monoisotopic (exact) mass is 344 g/mol. The van der Waals surface area contributed by atoms with Gasteiger partial charge < -0.3 is 19.7 Å². The molecule has 2 heterocycles. The van der Waals surface area contributed by atoms with E-state index in [1.54, 1.807) is 11.0 Å². The van der Waals surface area contributed by atoms with Gasteiger partial charge in [0.05, 0.1) is 6.10 Å². The summed E-state index contributed by atoms with van der Waals surface area (Å²) in [4.78, 5) is 24.8. The zero-order valence-corrected chi connectivity index (χ0v) is 12.8. The number of nitrogens with zero attached hydrogens (tertiary/aromatic N) is 1. The van der Waals surface area contributed by atoms with Crippen LogP contribution in [0, 0.1) is 6.92 Å². The van der Waals surface area contributed by atoms with Crippen molar-refractivity contribution in [1.29, 1.82) is 0 Å². The molecule has 0 aromatic carbocycles. The molecule has 0 radical (unpaired) electrons. The second-order valence-electron chi connectivity index (χ2n) is 4.87. The van der Waals surface area contributed by atoms with Gasteiger partial charge in [-0.3, -0.25) is 9.59 Å². The highest BCUT2D eigenvalue weighted by atomic mass is 79.9. The van der Waals surface area contributed by atoms with Gasteiger partial charge in [-0.25, -0.2) is 0 Å². The Kier molecular flexibility index (Phi) is 4.82. The van der Waals surface area contributed by atoms with E-state index < -0.39 is 6.10 Å². The van der Waals surface area contributed by atoms with E-state index in [4.69, 9.17) is 4.42 Å². The van der Waals surface area contributed by atoms with E-state index in [0.29, 0.717) is 17.6 Å². The Bertz CT molecular complexity index is 495. The van der Waals surface area contributed by atoms with Crippen LogP contribution in [0.5, 0.6) is 0 Å². The van der Waals surface area contributed by atoms with Crippen molar-refractivity contribution < 1.29 is 19.1 Å². The Morgan fingerprint density at radius 2 is 2.40 bits per heavy atom. The van der Waals surface area contributed by atoms with E-state index in [0.717, 1.165) is 12.0 Å². The first kappa shape index (κ1) is 15.1. The molecule has 2 amide bonds. The van der Waals surface area contributed by atoms with Gasteiger partial charge in [0.2, 0.25) is 5.91 Å². The molecule has 1 fully saturated rings. The van der Waals surface area contributed by atoms with Gasteiger partial charge in [-0.1, -0.05) is 0 Å². The molecule has 0 spiro atoms. The van der Waals surface area contributed by atoms with E-state index in [9.17, 15) is 14.7 Å². The summed E-state index contributed by atoms with van der Waals surface area (Å²) in [5.41, 5.74) is 0.832. The topological polar surface area (TPSA) is 82.8 Å². The number of aliphatic hydroxyl groups is 1. The number of likely N-dealkylation sites (tertiary alicyclic amines) is 1. The molecule has 0 saturated carbocycles. The van der Waals surface area contributed by atoms with Crippen molar-refractivity contribution in [3.63, 3.8) is 0 Å². The number of rotatable bonds is 5. The van der Waals surface area contributed by atoms with E-state index in [1.165, 1.54) is 0 Å². The summed E-state index contributed by atoms with van der Waals surface area (Å²) >= 11 is 3.19. The Balaban J connectivity index is 1.79. The van der Waals surface area contributed by atoms with E-state index >= 15 is 0 Å². The minimum atomic E-state index is -0.777. The minimum absolute atomic E-state index is 0.0565. The third kappa shape index (κ3) is 3.61. The van der Waals surface area contributed by atoms with Crippen LogP contribution in [0.2, 0.25) is 0 Å². The van der Waals surface area contributed by atoms with Gasteiger partial charge >= 0.3 is 0 Å². The molecule has 2 rings (SSSR count). The standard InChI is InChI=1S/C13H17BrN2O4/c1-8-5-10(20-12(8)14)13(19)15-6-9(17)7-16-4-2-3-11(16)18/h5,9,17H,2-4,6-7H2,1H3,(H,15,19). The predicted octanol–water partition coefficient (Wildman–Crippen LogP) is 1.06. The van der Waals surface area contributed by atoms with Crippen LogP contribution in [-0.4, -0.2) is 47.6 Å². The number of halogens is 1. The van der Waals surface area contributed by atoms with Gasteiger partial charge in [0.25, 0.3) is 5.91 Å². The van der Waals surface area contributed by atoms with Crippen molar-refractivity contribution in [3.05, 3.63) is 22.1 Å². The quantitative estimate of drug-likeness (QED) is 0.836. The Morgan fingerprint density at radius 3 is 2.95 bits per heavy atom. The second kappa shape index (κ2) is 6.41. The molecule has 0 aliphatic carbocycles. The van der Waals surface area contributed by atoms with Crippen molar-refractivity contribution >= 4 is 27.7 Å². The molecule has 20 heavy (non-hydrogen) atoms. The Hall–Kier alpha value is -1.34. The fraction of sp³-hybridized carbons (Fsp3) is 0.538. The lowest BCUT2D eigenvalue weighted by Gasteiger charge is -2.19. The van der Waals surface area contributed by atoms with Gasteiger partial charge in [-0.2, -0.15) is 0 Å². The van der Waals surface area contributed by atoms with Crippen molar-refractivity contribution in [1.82, 2.24) is 10.2 Å². The van der Waals surface area contributed by atoms with E-state index in [-0.39, 0.29) is 30.7 Å². The molecule has 0 bridgehead atoms. The molecule has 7 heteroatoms. The number of carbonyl (C=O) groups excluding carboxylic acids is 2. The summed E-state index contributed by atoms with van der Waals surface area (Å²) in [6.07, 6.45) is 0.594. The molecule has 1 aliphatic heterocycles. The number of amides is 2. The molecule has 1 saturated heterocycles. The maximum absolute atomic E-state index is 11.8. The normalized spacial score (nSPS) is 16.6. The highest BCUT2D eigenvalue weighted by molar-refractivity contribution is 9.10. The number of β-amino-alcohol motifs (C(OH)–C–C–N with tert-alkyl or cyclic N) is 1. The largest absolute Gasteiger partial charge is 0.444 e. The van der Waals surface area contributed by atoms with E-state index in [2.05, 4.69) is 21.2 Å². The zero-order valence-electron chi connectivity index (χ0n) is 11.2. The highest BCUT2D eigenvalue weighted by Crippen LogP contribution is 2.20. The van der Waals surface area contributed by atoms with Crippen LogP contribution in [0.25, 0.3) is 0 Å². The van der Waals surface area contributed by atoms with Crippen LogP contribution >= 0.6 is 15.9 Å². The molecule has 2 N–H and O–H groups in total. The zero-order chi connectivity index (χ0) is 14.7. The smallest absolute Gasteiger partial charge is 0.287 e. The third-order valence-electron chi connectivity index (χ3n) is 3.18. The first-order chi connectivity index (χ1) is 9.47. The number of furan rings is 1. The molecular formula is C13H17BrN2O4. The highest BCUT2D eigenvalue weighted by Gasteiger charge is 2.23. The van der Waals surface area contributed by atoms with Crippen LogP contribution < -0.4 is 5.32 Å². The predicted molar refractivity (Wildman–Crippen MR) is 75.3 cm³/mol. The van der Waals surface area contributed by atoms with Gasteiger partial charge in [0.15, 0.2) is 10.4 Å². The lowest BCUT2D eigenvalue weighted by molar-refractivity contribution is -0.128. The Morgan fingerprint density at radius 1 is 1.65 bits per heavy atom. The fourth-order valence-corrected chi connectivity index (χ4v) is 2.37. The lowest BCUT2D eigenvalue weighted by Crippen LogP contribution is -2.40. The third-order valence-corrected chi connectivity index (χ3v) is 3.97. The van der Waals surface area contributed by atoms with Crippen LogP contribution in [-0.2, 0) is 4.79 Å². The summed E-state index contributed by atoms with van der Waals surface area (Å²) in [5.74, 6) is -0.134. The summed E-state index contributed by atoms with van der Waals surface area (Å²) in [6.45, 7) is 2.83. The number of aryl methyl sites for hydroxylation is 1. The van der Waals surface area contributed by atoms with Crippen LogP contribution in [0.4, 0.5) is 0 Å². The van der Waals surface area contributed by atoms with Crippen molar-refractivity contribution in [2.75, 3.05) is 19.6 Å². The Labute approximate surface area is 125 Å². The fourth-order valence-electron chi connectivity index (χ4n) is 2.09. The van der Waals surface area contributed by atoms with Gasteiger partial charge in [-0.15, -0.1) is 0 Å². The molecule has 110 valence electrons. The van der Waals surface area contributed by atoms with Gasteiger partial charge in [-0.05, 0) is 35.3 Å². The molecule has 1 aromatic rings. The molecule has 1 atom stereocenters. The summed E-state index contributed by atoms with van der Waals surface area (Å²) < 4.78 is 5.74. The van der Waals surface area contributed by atoms with Crippen LogP contribution in [0.3, 0.4) is 0 Å². The maximum Gasteiger partial charge on any atom is 0.287 e. The molecule has 6 nitrogen and oxygen atoms in total. The minimum Gasteiger partial charge on any atom is -0.444 e. The molecule has 1 aliphatic rings. The van der Waals surface area contributed by atoms with Crippen molar-refractivity contribution in [2.24, 2.45) is 0 Å². The lowest BCUT2D eigenvalue weighted by atomic mass is 10.3. The SMILES string of the molecule is Cc1cc(C(=O)NCC(O)CN2CCCC2=O)oc1Br.